The van der Waals surface area contributed by atoms with Crippen LogP contribution >= 0.6 is 0 Å². The Labute approximate surface area is 104 Å². The molecular weight excluding hydrogens is 264 g/mol. The highest BCUT2D eigenvalue weighted by atomic mass is 32.2. The predicted octanol–water partition coefficient (Wildman–Crippen LogP) is 0.861. The maximum Gasteiger partial charge on any atom is 0.214 e. The molecule has 1 aliphatic rings. The minimum Gasteiger partial charge on any atom is -0.395 e. The van der Waals surface area contributed by atoms with Crippen LogP contribution in [0.2, 0.25) is 0 Å². The normalized spacial score (nSPS) is 23.4. The van der Waals surface area contributed by atoms with Gasteiger partial charge in [-0.3, -0.25) is 0 Å². The molecule has 1 aromatic rings. The van der Waals surface area contributed by atoms with Crippen molar-refractivity contribution in [2.45, 2.75) is 19.0 Å². The lowest BCUT2D eigenvalue weighted by Crippen LogP contribution is -2.35. The molecule has 0 amide bonds. The number of aliphatic hydroxyl groups excluding tert-OH is 1. The minimum atomic E-state index is -3.54. The van der Waals surface area contributed by atoms with Crippen molar-refractivity contribution in [1.82, 2.24) is 4.31 Å². The molecule has 0 aliphatic carbocycles. The van der Waals surface area contributed by atoms with Gasteiger partial charge in [-0.15, -0.1) is 0 Å². The molecule has 7 heteroatoms. The van der Waals surface area contributed by atoms with Crippen LogP contribution in [0.4, 0.5) is 8.78 Å². The van der Waals surface area contributed by atoms with Crippen LogP contribution in [0.5, 0.6) is 0 Å². The SMILES string of the molecule is O=S1(=O)CCC(CO)N1Cc1c(F)cccc1F. The summed E-state index contributed by atoms with van der Waals surface area (Å²) in [5.41, 5.74) is -0.290. The lowest BCUT2D eigenvalue weighted by molar-refractivity contribution is 0.191. The first kappa shape index (κ1) is 13.4. The topological polar surface area (TPSA) is 57.6 Å². The van der Waals surface area contributed by atoms with E-state index in [9.17, 15) is 17.2 Å². The maximum absolute atomic E-state index is 13.5. The van der Waals surface area contributed by atoms with E-state index in [4.69, 9.17) is 5.11 Å². The van der Waals surface area contributed by atoms with Crippen LogP contribution in [-0.2, 0) is 16.6 Å². The summed E-state index contributed by atoms with van der Waals surface area (Å²) in [5, 5.41) is 9.09. The molecule has 0 bridgehead atoms. The number of nitrogens with zero attached hydrogens (tertiary/aromatic N) is 1. The number of aliphatic hydroxyl groups is 1. The van der Waals surface area contributed by atoms with E-state index in [1.807, 2.05) is 0 Å². The Morgan fingerprint density at radius 1 is 1.33 bits per heavy atom. The van der Waals surface area contributed by atoms with Gasteiger partial charge in [-0.05, 0) is 18.6 Å². The zero-order valence-corrected chi connectivity index (χ0v) is 10.3. The molecule has 1 atom stereocenters. The van der Waals surface area contributed by atoms with Gasteiger partial charge in [-0.25, -0.2) is 17.2 Å². The Kier molecular flexibility index (Phi) is 3.65. The average Bonchev–Trinajstić information content (AvgIpc) is 2.59. The zero-order valence-electron chi connectivity index (χ0n) is 9.51. The zero-order chi connectivity index (χ0) is 13.3. The molecule has 1 heterocycles. The number of hydrogen-bond acceptors (Lipinski definition) is 3. The van der Waals surface area contributed by atoms with Gasteiger partial charge in [0.2, 0.25) is 10.0 Å². The summed E-state index contributed by atoms with van der Waals surface area (Å²) < 4.78 is 51.3. The number of hydrogen-bond donors (Lipinski definition) is 1. The van der Waals surface area contributed by atoms with Gasteiger partial charge >= 0.3 is 0 Å². The summed E-state index contributed by atoms with van der Waals surface area (Å²) in [7, 11) is -3.54. The van der Waals surface area contributed by atoms with Gasteiger partial charge in [0.15, 0.2) is 0 Å². The fourth-order valence-corrected chi connectivity index (χ4v) is 3.78. The van der Waals surface area contributed by atoms with Crippen molar-refractivity contribution in [2.75, 3.05) is 12.4 Å². The van der Waals surface area contributed by atoms with Crippen molar-refractivity contribution < 1.29 is 22.3 Å². The fraction of sp³-hybridized carbons (Fsp3) is 0.455. The molecular formula is C11H13F2NO3S. The molecule has 0 radical (unpaired) electrons. The van der Waals surface area contributed by atoms with Crippen LogP contribution in [0, 0.1) is 11.6 Å². The largest absolute Gasteiger partial charge is 0.395 e. The van der Waals surface area contributed by atoms with Crippen LogP contribution in [0.15, 0.2) is 18.2 Å². The Bertz CT molecular complexity index is 527. The molecule has 0 aromatic heterocycles. The molecule has 1 unspecified atom stereocenters. The molecule has 0 saturated carbocycles. The highest BCUT2D eigenvalue weighted by molar-refractivity contribution is 7.89. The Balaban J connectivity index is 2.32. The molecule has 1 aromatic carbocycles. The summed E-state index contributed by atoms with van der Waals surface area (Å²) in [6, 6.07) is 2.77. The van der Waals surface area contributed by atoms with Crippen LogP contribution in [-0.4, -0.2) is 36.2 Å². The Morgan fingerprint density at radius 2 is 1.94 bits per heavy atom. The van der Waals surface area contributed by atoms with Gasteiger partial charge in [-0.1, -0.05) is 6.07 Å². The standard InChI is InChI=1S/C11H13F2NO3S/c12-10-2-1-3-11(13)9(10)6-14-8(7-15)4-5-18(14,16)17/h1-3,8,15H,4-7H2. The highest BCUT2D eigenvalue weighted by Gasteiger charge is 2.37. The molecule has 1 N–H and O–H groups in total. The first-order chi connectivity index (χ1) is 8.45. The van der Waals surface area contributed by atoms with E-state index in [2.05, 4.69) is 0 Å². The number of halogens is 2. The van der Waals surface area contributed by atoms with E-state index in [0.717, 1.165) is 16.4 Å². The third-order valence-electron chi connectivity index (χ3n) is 3.06. The van der Waals surface area contributed by atoms with Gasteiger partial charge in [0, 0.05) is 18.2 Å². The first-order valence-corrected chi connectivity index (χ1v) is 7.10. The van der Waals surface area contributed by atoms with Crippen LogP contribution in [0.25, 0.3) is 0 Å². The van der Waals surface area contributed by atoms with Gasteiger partial charge in [-0.2, -0.15) is 4.31 Å². The highest BCUT2D eigenvalue weighted by Crippen LogP contribution is 2.25. The van der Waals surface area contributed by atoms with Crippen molar-refractivity contribution in [2.24, 2.45) is 0 Å². The summed E-state index contributed by atoms with van der Waals surface area (Å²) in [4.78, 5) is 0. The van der Waals surface area contributed by atoms with Crippen molar-refractivity contribution in [1.29, 1.82) is 0 Å². The second-order valence-corrected chi connectivity index (χ2v) is 6.23. The molecule has 1 fully saturated rings. The lowest BCUT2D eigenvalue weighted by Gasteiger charge is -2.21. The van der Waals surface area contributed by atoms with Crippen molar-refractivity contribution in [3.63, 3.8) is 0 Å². The second-order valence-electron chi connectivity index (χ2n) is 4.19. The molecule has 18 heavy (non-hydrogen) atoms. The second kappa shape index (κ2) is 4.91. The quantitative estimate of drug-likeness (QED) is 0.891. The van der Waals surface area contributed by atoms with Gasteiger partial charge in [0.1, 0.15) is 11.6 Å². The Morgan fingerprint density at radius 3 is 2.50 bits per heavy atom. The van der Waals surface area contributed by atoms with E-state index in [0.29, 0.717) is 0 Å². The first-order valence-electron chi connectivity index (χ1n) is 5.49. The molecule has 100 valence electrons. The summed E-state index contributed by atoms with van der Waals surface area (Å²) in [6.07, 6.45) is 0.273. The Hall–Kier alpha value is -1.05. The molecule has 0 spiro atoms. The van der Waals surface area contributed by atoms with Gasteiger partial charge < -0.3 is 5.11 Å². The van der Waals surface area contributed by atoms with E-state index >= 15 is 0 Å². The lowest BCUT2D eigenvalue weighted by atomic mass is 10.1. The smallest absolute Gasteiger partial charge is 0.214 e. The number of rotatable bonds is 3. The fourth-order valence-electron chi connectivity index (χ4n) is 2.02. The van der Waals surface area contributed by atoms with Crippen molar-refractivity contribution in [3.8, 4) is 0 Å². The van der Waals surface area contributed by atoms with Crippen molar-refractivity contribution >= 4 is 10.0 Å². The van der Waals surface area contributed by atoms with E-state index in [-0.39, 0.29) is 30.9 Å². The summed E-state index contributed by atoms with van der Waals surface area (Å²) >= 11 is 0. The minimum absolute atomic E-state index is 0.103. The van der Waals surface area contributed by atoms with Crippen molar-refractivity contribution in [3.05, 3.63) is 35.4 Å². The van der Waals surface area contributed by atoms with Crippen LogP contribution in [0.3, 0.4) is 0 Å². The molecule has 1 saturated heterocycles. The third-order valence-corrected chi connectivity index (χ3v) is 4.95. The molecule has 4 nitrogen and oxygen atoms in total. The predicted molar refractivity (Wildman–Crippen MR) is 61.2 cm³/mol. The van der Waals surface area contributed by atoms with E-state index in [1.54, 1.807) is 0 Å². The summed E-state index contributed by atoms with van der Waals surface area (Å²) in [5.74, 6) is -1.67. The van der Waals surface area contributed by atoms with Crippen LogP contribution in [0.1, 0.15) is 12.0 Å². The molecule has 1 aliphatic heterocycles. The average molecular weight is 277 g/mol. The van der Waals surface area contributed by atoms with Gasteiger partial charge in [0.25, 0.3) is 0 Å². The van der Waals surface area contributed by atoms with E-state index < -0.39 is 27.7 Å². The van der Waals surface area contributed by atoms with Crippen LogP contribution < -0.4 is 0 Å². The summed E-state index contributed by atoms with van der Waals surface area (Å²) in [6.45, 7) is -0.735. The number of benzene rings is 1. The monoisotopic (exact) mass is 277 g/mol. The maximum atomic E-state index is 13.5. The number of sulfonamides is 1. The van der Waals surface area contributed by atoms with E-state index in [1.165, 1.54) is 6.07 Å². The third kappa shape index (κ3) is 2.38. The van der Waals surface area contributed by atoms with Gasteiger partial charge in [0.05, 0.1) is 12.4 Å². The molecule has 2 rings (SSSR count).